The standard InChI is InChI=1S/C16H18N4OS2/c1-2-10-17-15-19-20-16(23-15)22-13(11-6-4-3-5-7-11)14(21)18-12-8-9-12/h2-7,12-13H,1,8-10H2,(H,17,19)(H,18,21)/t13-/m0/s1. The summed E-state index contributed by atoms with van der Waals surface area (Å²) in [7, 11) is 0. The summed E-state index contributed by atoms with van der Waals surface area (Å²) in [6.07, 6.45) is 3.92. The summed E-state index contributed by atoms with van der Waals surface area (Å²) in [5.74, 6) is 0.0412. The van der Waals surface area contributed by atoms with Gasteiger partial charge in [0, 0.05) is 12.6 Å². The summed E-state index contributed by atoms with van der Waals surface area (Å²) >= 11 is 2.89. The van der Waals surface area contributed by atoms with E-state index in [-0.39, 0.29) is 11.2 Å². The lowest BCUT2D eigenvalue weighted by Gasteiger charge is -2.15. The number of nitrogens with zero attached hydrogens (tertiary/aromatic N) is 2. The molecular formula is C16H18N4OS2. The SMILES string of the molecule is C=CCNc1nnc(S[C@H](C(=O)NC2CC2)c2ccccc2)s1. The van der Waals surface area contributed by atoms with Crippen molar-refractivity contribution in [3.63, 3.8) is 0 Å². The van der Waals surface area contributed by atoms with Gasteiger partial charge in [-0.15, -0.1) is 16.8 Å². The zero-order chi connectivity index (χ0) is 16.1. The molecule has 0 unspecified atom stereocenters. The van der Waals surface area contributed by atoms with Crippen LogP contribution in [0.1, 0.15) is 23.7 Å². The molecule has 120 valence electrons. The molecule has 1 aromatic heterocycles. The zero-order valence-corrected chi connectivity index (χ0v) is 14.2. The molecule has 1 fully saturated rings. The van der Waals surface area contributed by atoms with E-state index in [9.17, 15) is 4.79 Å². The fourth-order valence-electron chi connectivity index (χ4n) is 1.99. The average Bonchev–Trinajstić information content (AvgIpc) is 3.27. The maximum Gasteiger partial charge on any atom is 0.238 e. The van der Waals surface area contributed by atoms with Crippen LogP contribution in [0.4, 0.5) is 5.13 Å². The van der Waals surface area contributed by atoms with Gasteiger partial charge in [0.25, 0.3) is 0 Å². The predicted molar refractivity (Wildman–Crippen MR) is 94.8 cm³/mol. The van der Waals surface area contributed by atoms with Crippen LogP contribution in [-0.4, -0.2) is 28.7 Å². The quantitative estimate of drug-likeness (QED) is 0.567. The van der Waals surface area contributed by atoms with Crippen LogP contribution in [0.2, 0.25) is 0 Å². The average molecular weight is 346 g/mol. The maximum absolute atomic E-state index is 12.6. The summed E-state index contributed by atoms with van der Waals surface area (Å²) in [5, 5.41) is 14.9. The molecule has 5 nitrogen and oxygen atoms in total. The highest BCUT2D eigenvalue weighted by molar-refractivity contribution is 8.01. The third-order valence-corrected chi connectivity index (χ3v) is 5.51. The number of benzene rings is 1. The fourth-order valence-corrected chi connectivity index (χ4v) is 3.95. The Balaban J connectivity index is 1.73. The molecule has 1 aliphatic rings. The Kier molecular flexibility index (Phi) is 5.30. The molecule has 7 heteroatoms. The molecule has 0 bridgehead atoms. The van der Waals surface area contributed by atoms with Crippen molar-refractivity contribution < 1.29 is 4.79 Å². The van der Waals surface area contributed by atoms with Gasteiger partial charge in [0.15, 0.2) is 4.34 Å². The van der Waals surface area contributed by atoms with Gasteiger partial charge in [0.2, 0.25) is 11.0 Å². The normalized spacial score (nSPS) is 15.0. The first-order valence-corrected chi connectivity index (χ1v) is 9.16. The minimum atomic E-state index is -0.308. The number of hydrogen-bond donors (Lipinski definition) is 2. The molecule has 0 radical (unpaired) electrons. The largest absolute Gasteiger partial charge is 0.357 e. The smallest absolute Gasteiger partial charge is 0.238 e. The van der Waals surface area contributed by atoms with Crippen LogP contribution in [0.15, 0.2) is 47.3 Å². The van der Waals surface area contributed by atoms with Crippen LogP contribution in [0, 0.1) is 0 Å². The second-order valence-electron chi connectivity index (χ2n) is 5.23. The van der Waals surface area contributed by atoms with Crippen molar-refractivity contribution in [1.82, 2.24) is 15.5 Å². The molecular weight excluding hydrogens is 328 g/mol. The Bertz CT molecular complexity index is 670. The molecule has 1 aliphatic carbocycles. The van der Waals surface area contributed by atoms with Crippen molar-refractivity contribution in [3.8, 4) is 0 Å². The number of aromatic nitrogens is 2. The number of nitrogens with one attached hydrogen (secondary N) is 2. The Morgan fingerprint density at radius 2 is 2.17 bits per heavy atom. The third kappa shape index (κ3) is 4.56. The number of anilines is 1. The summed E-state index contributed by atoms with van der Waals surface area (Å²) in [6, 6.07) is 10.1. The van der Waals surface area contributed by atoms with Gasteiger partial charge in [-0.3, -0.25) is 4.79 Å². The lowest BCUT2D eigenvalue weighted by molar-refractivity contribution is -0.120. The van der Waals surface area contributed by atoms with Crippen molar-refractivity contribution in [2.45, 2.75) is 28.5 Å². The zero-order valence-electron chi connectivity index (χ0n) is 12.6. The highest BCUT2D eigenvalue weighted by Crippen LogP contribution is 2.38. The van der Waals surface area contributed by atoms with E-state index in [4.69, 9.17) is 0 Å². The molecule has 1 atom stereocenters. The molecule has 0 aliphatic heterocycles. The lowest BCUT2D eigenvalue weighted by Crippen LogP contribution is -2.29. The molecule has 1 amide bonds. The summed E-state index contributed by atoms with van der Waals surface area (Å²) < 4.78 is 0.774. The van der Waals surface area contributed by atoms with E-state index in [1.807, 2.05) is 30.3 Å². The van der Waals surface area contributed by atoms with Gasteiger partial charge in [-0.05, 0) is 18.4 Å². The number of thioether (sulfide) groups is 1. The molecule has 1 saturated carbocycles. The van der Waals surface area contributed by atoms with Gasteiger partial charge < -0.3 is 10.6 Å². The summed E-state index contributed by atoms with van der Waals surface area (Å²) in [4.78, 5) is 12.6. The van der Waals surface area contributed by atoms with Crippen LogP contribution in [-0.2, 0) is 4.79 Å². The number of amides is 1. The van der Waals surface area contributed by atoms with E-state index >= 15 is 0 Å². The highest BCUT2D eigenvalue weighted by Gasteiger charge is 2.29. The Morgan fingerprint density at radius 3 is 2.87 bits per heavy atom. The van der Waals surface area contributed by atoms with Gasteiger partial charge in [-0.1, -0.05) is 59.5 Å². The predicted octanol–water partition coefficient (Wildman–Crippen LogP) is 3.25. The second kappa shape index (κ2) is 7.61. The van der Waals surface area contributed by atoms with Crippen molar-refractivity contribution in [2.24, 2.45) is 0 Å². The molecule has 2 N–H and O–H groups in total. The second-order valence-corrected chi connectivity index (χ2v) is 7.56. The molecule has 1 aromatic carbocycles. The lowest BCUT2D eigenvalue weighted by atomic mass is 10.1. The molecule has 0 saturated heterocycles. The topological polar surface area (TPSA) is 66.9 Å². The van der Waals surface area contributed by atoms with Gasteiger partial charge in [0.05, 0.1) is 0 Å². The van der Waals surface area contributed by atoms with Crippen LogP contribution in [0.25, 0.3) is 0 Å². The van der Waals surface area contributed by atoms with Crippen molar-refractivity contribution in [1.29, 1.82) is 0 Å². The van der Waals surface area contributed by atoms with Crippen LogP contribution < -0.4 is 10.6 Å². The van der Waals surface area contributed by atoms with E-state index < -0.39 is 0 Å². The van der Waals surface area contributed by atoms with Crippen LogP contribution >= 0.6 is 23.1 Å². The van der Waals surface area contributed by atoms with Crippen LogP contribution in [0.3, 0.4) is 0 Å². The number of rotatable bonds is 8. The third-order valence-electron chi connectivity index (χ3n) is 3.29. The van der Waals surface area contributed by atoms with Crippen LogP contribution in [0.5, 0.6) is 0 Å². The molecule has 3 rings (SSSR count). The van der Waals surface area contributed by atoms with E-state index in [0.29, 0.717) is 12.6 Å². The minimum Gasteiger partial charge on any atom is -0.357 e. The monoisotopic (exact) mass is 346 g/mol. The van der Waals surface area contributed by atoms with Gasteiger partial charge in [0.1, 0.15) is 5.25 Å². The van der Waals surface area contributed by atoms with E-state index in [2.05, 4.69) is 27.4 Å². The number of carbonyl (C=O) groups is 1. The van der Waals surface area contributed by atoms with Gasteiger partial charge in [-0.25, -0.2) is 0 Å². The molecule has 0 spiro atoms. The number of hydrogen-bond acceptors (Lipinski definition) is 6. The van der Waals surface area contributed by atoms with Crippen molar-refractivity contribution in [2.75, 3.05) is 11.9 Å². The van der Waals surface area contributed by atoms with E-state index in [1.54, 1.807) is 6.08 Å². The van der Waals surface area contributed by atoms with E-state index in [1.165, 1.54) is 23.1 Å². The van der Waals surface area contributed by atoms with Gasteiger partial charge >= 0.3 is 0 Å². The molecule has 2 aromatic rings. The van der Waals surface area contributed by atoms with E-state index in [0.717, 1.165) is 27.9 Å². The number of carbonyl (C=O) groups excluding carboxylic acids is 1. The first-order chi connectivity index (χ1) is 11.3. The van der Waals surface area contributed by atoms with Gasteiger partial charge in [-0.2, -0.15) is 0 Å². The Morgan fingerprint density at radius 1 is 1.39 bits per heavy atom. The molecule has 23 heavy (non-hydrogen) atoms. The summed E-state index contributed by atoms with van der Waals surface area (Å²) in [6.45, 7) is 4.31. The molecule has 1 heterocycles. The fraction of sp³-hybridized carbons (Fsp3) is 0.312. The van der Waals surface area contributed by atoms with Crippen molar-refractivity contribution >= 4 is 34.1 Å². The maximum atomic E-state index is 12.6. The minimum absolute atomic E-state index is 0.0412. The first-order valence-electron chi connectivity index (χ1n) is 7.46. The summed E-state index contributed by atoms with van der Waals surface area (Å²) in [5.41, 5.74) is 0.978. The van der Waals surface area contributed by atoms with Crippen molar-refractivity contribution in [3.05, 3.63) is 48.6 Å². The Labute approximate surface area is 143 Å². The Hall–Kier alpha value is -1.86. The highest BCUT2D eigenvalue weighted by atomic mass is 32.2. The first kappa shape index (κ1) is 16.0.